The summed E-state index contributed by atoms with van der Waals surface area (Å²) in [6, 6.07) is 4.55. The first-order chi connectivity index (χ1) is 8.65. The van der Waals surface area contributed by atoms with E-state index < -0.39 is 0 Å². The second kappa shape index (κ2) is 6.38. The van der Waals surface area contributed by atoms with Crippen molar-refractivity contribution in [2.75, 3.05) is 11.9 Å². The second-order valence-electron chi connectivity index (χ2n) is 5.06. The van der Waals surface area contributed by atoms with Crippen LogP contribution in [0.4, 0.5) is 4.39 Å². The van der Waals surface area contributed by atoms with Crippen LogP contribution >= 0.6 is 31.9 Å². The van der Waals surface area contributed by atoms with Gasteiger partial charge < -0.3 is 4.74 Å². The Kier molecular flexibility index (Phi) is 5.07. The lowest BCUT2D eigenvalue weighted by molar-refractivity contribution is 0.121. The Morgan fingerprint density at radius 1 is 1.22 bits per heavy atom. The number of halogens is 3. The van der Waals surface area contributed by atoms with E-state index in [1.165, 1.54) is 44.2 Å². The summed E-state index contributed by atoms with van der Waals surface area (Å²) in [5.74, 6) is 0.339. The number of benzene rings is 1. The van der Waals surface area contributed by atoms with Crippen molar-refractivity contribution < 1.29 is 9.13 Å². The molecule has 1 fully saturated rings. The van der Waals surface area contributed by atoms with E-state index in [0.717, 1.165) is 9.80 Å². The van der Waals surface area contributed by atoms with Crippen molar-refractivity contribution in [1.29, 1.82) is 0 Å². The average Bonchev–Trinajstić information content (AvgIpc) is 2.41. The minimum atomic E-state index is -0.260. The molecular weight excluding hydrogens is 363 g/mol. The number of hydrogen-bond donors (Lipinski definition) is 0. The highest BCUT2D eigenvalue weighted by atomic mass is 79.9. The summed E-state index contributed by atoms with van der Waals surface area (Å²) in [7, 11) is 0. The lowest BCUT2D eigenvalue weighted by Gasteiger charge is -2.35. The maximum atomic E-state index is 13.2. The molecular formula is C14H17Br2FO. The van der Waals surface area contributed by atoms with Gasteiger partial charge >= 0.3 is 0 Å². The Morgan fingerprint density at radius 3 is 2.61 bits per heavy atom. The van der Waals surface area contributed by atoms with Crippen molar-refractivity contribution in [1.82, 2.24) is 0 Å². The summed E-state index contributed by atoms with van der Waals surface area (Å²) < 4.78 is 19.8. The summed E-state index contributed by atoms with van der Waals surface area (Å²) in [4.78, 5) is 0. The molecule has 0 saturated heterocycles. The van der Waals surface area contributed by atoms with Crippen molar-refractivity contribution in [3.05, 3.63) is 28.5 Å². The third-order valence-corrected chi connectivity index (χ3v) is 5.47. The number of hydrogen-bond acceptors (Lipinski definition) is 1. The molecule has 100 valence electrons. The monoisotopic (exact) mass is 378 g/mol. The fourth-order valence-electron chi connectivity index (χ4n) is 2.44. The maximum absolute atomic E-state index is 13.2. The van der Waals surface area contributed by atoms with E-state index in [2.05, 4.69) is 31.9 Å². The molecule has 1 aliphatic carbocycles. The molecule has 0 N–H and O–H groups in total. The Bertz CT molecular complexity index is 403. The summed E-state index contributed by atoms with van der Waals surface area (Å²) in [6.07, 6.45) is 6.22. The molecule has 0 aliphatic heterocycles. The average molecular weight is 380 g/mol. The Balaban J connectivity index is 2.03. The van der Waals surface area contributed by atoms with Crippen LogP contribution in [0, 0.1) is 11.2 Å². The summed E-state index contributed by atoms with van der Waals surface area (Å²) in [5, 5.41) is 0.951. The first-order valence-corrected chi connectivity index (χ1v) is 8.20. The van der Waals surface area contributed by atoms with Gasteiger partial charge in [0.25, 0.3) is 0 Å². The van der Waals surface area contributed by atoms with E-state index in [9.17, 15) is 4.39 Å². The highest BCUT2D eigenvalue weighted by Gasteiger charge is 2.32. The second-order valence-corrected chi connectivity index (χ2v) is 6.47. The summed E-state index contributed by atoms with van der Waals surface area (Å²) in [6.45, 7) is 0.653. The summed E-state index contributed by atoms with van der Waals surface area (Å²) >= 11 is 7.00. The van der Waals surface area contributed by atoms with Gasteiger partial charge in [-0.25, -0.2) is 4.39 Å². The largest absolute Gasteiger partial charge is 0.492 e. The zero-order valence-corrected chi connectivity index (χ0v) is 13.4. The van der Waals surface area contributed by atoms with Gasteiger partial charge in [-0.1, -0.05) is 35.2 Å². The third-order valence-electron chi connectivity index (χ3n) is 3.62. The predicted molar refractivity (Wildman–Crippen MR) is 78.9 cm³/mol. The van der Waals surface area contributed by atoms with Crippen molar-refractivity contribution in [3.8, 4) is 5.75 Å². The first-order valence-electron chi connectivity index (χ1n) is 6.29. The van der Waals surface area contributed by atoms with Gasteiger partial charge in [-0.2, -0.15) is 0 Å². The predicted octanol–water partition coefficient (Wildman–Crippen LogP) is 5.31. The van der Waals surface area contributed by atoms with E-state index >= 15 is 0 Å². The summed E-state index contributed by atoms with van der Waals surface area (Å²) in [5.41, 5.74) is 0.212. The lowest BCUT2D eigenvalue weighted by atomic mass is 9.76. The van der Waals surface area contributed by atoms with Gasteiger partial charge in [0.2, 0.25) is 0 Å². The minimum Gasteiger partial charge on any atom is -0.492 e. The van der Waals surface area contributed by atoms with Crippen LogP contribution in [0.2, 0.25) is 0 Å². The molecule has 2 rings (SSSR count). The van der Waals surface area contributed by atoms with E-state index in [1.54, 1.807) is 6.07 Å². The van der Waals surface area contributed by atoms with Crippen LogP contribution in [-0.2, 0) is 0 Å². The molecule has 0 spiro atoms. The molecule has 1 aliphatic rings. The van der Waals surface area contributed by atoms with Crippen LogP contribution in [0.25, 0.3) is 0 Å². The third kappa shape index (κ3) is 3.47. The smallest absolute Gasteiger partial charge is 0.136 e. The zero-order valence-electron chi connectivity index (χ0n) is 10.2. The van der Waals surface area contributed by atoms with Gasteiger partial charge in [0.1, 0.15) is 11.6 Å². The molecule has 0 aromatic heterocycles. The molecule has 0 bridgehead atoms. The molecule has 0 radical (unpaired) electrons. The standard InChI is InChI=1S/C14H17Br2FO/c15-9-14(6-2-1-3-7-14)10-18-13-8-11(17)4-5-12(13)16/h4-5,8H,1-3,6-7,9-10H2. The lowest BCUT2D eigenvalue weighted by Crippen LogP contribution is -2.32. The molecule has 1 nitrogen and oxygen atoms in total. The van der Waals surface area contributed by atoms with Crippen LogP contribution in [0.5, 0.6) is 5.75 Å². The van der Waals surface area contributed by atoms with E-state index in [4.69, 9.17) is 4.74 Å². The van der Waals surface area contributed by atoms with E-state index in [-0.39, 0.29) is 11.2 Å². The van der Waals surface area contributed by atoms with Crippen molar-refractivity contribution in [2.45, 2.75) is 32.1 Å². The Hall–Kier alpha value is -0.0900. The molecule has 4 heteroatoms. The normalized spacial score (nSPS) is 18.6. The Morgan fingerprint density at radius 2 is 1.94 bits per heavy atom. The molecule has 18 heavy (non-hydrogen) atoms. The van der Waals surface area contributed by atoms with Crippen molar-refractivity contribution in [3.63, 3.8) is 0 Å². The molecule has 1 aromatic carbocycles. The zero-order chi connectivity index (χ0) is 13.0. The highest BCUT2D eigenvalue weighted by Crippen LogP contribution is 2.39. The minimum absolute atomic E-state index is 0.212. The van der Waals surface area contributed by atoms with Gasteiger partial charge in [-0.15, -0.1) is 0 Å². The van der Waals surface area contributed by atoms with Crippen LogP contribution < -0.4 is 4.74 Å². The van der Waals surface area contributed by atoms with Gasteiger partial charge in [-0.05, 0) is 40.9 Å². The molecule has 0 amide bonds. The van der Waals surface area contributed by atoms with E-state index in [0.29, 0.717) is 12.4 Å². The van der Waals surface area contributed by atoms with Crippen LogP contribution in [0.3, 0.4) is 0 Å². The Labute approximate surface area is 124 Å². The fraction of sp³-hybridized carbons (Fsp3) is 0.571. The van der Waals surface area contributed by atoms with Gasteiger partial charge in [-0.3, -0.25) is 0 Å². The van der Waals surface area contributed by atoms with Gasteiger partial charge in [0.05, 0.1) is 11.1 Å². The SMILES string of the molecule is Fc1ccc(Br)c(OCC2(CBr)CCCCC2)c1. The molecule has 0 heterocycles. The first kappa shape index (κ1) is 14.3. The van der Waals surface area contributed by atoms with Crippen LogP contribution in [-0.4, -0.2) is 11.9 Å². The molecule has 1 aromatic rings. The van der Waals surface area contributed by atoms with Gasteiger partial charge in [0, 0.05) is 16.8 Å². The molecule has 0 atom stereocenters. The molecule has 1 saturated carbocycles. The number of alkyl halides is 1. The quantitative estimate of drug-likeness (QED) is 0.644. The van der Waals surface area contributed by atoms with Crippen molar-refractivity contribution >= 4 is 31.9 Å². The topological polar surface area (TPSA) is 9.23 Å². The van der Waals surface area contributed by atoms with E-state index in [1.807, 2.05) is 0 Å². The number of rotatable bonds is 4. The maximum Gasteiger partial charge on any atom is 0.136 e. The van der Waals surface area contributed by atoms with Gasteiger partial charge in [0.15, 0.2) is 0 Å². The molecule has 0 unspecified atom stereocenters. The fourth-order valence-corrected chi connectivity index (χ4v) is 3.52. The highest BCUT2D eigenvalue weighted by molar-refractivity contribution is 9.10. The van der Waals surface area contributed by atoms with Crippen LogP contribution in [0.1, 0.15) is 32.1 Å². The van der Waals surface area contributed by atoms with Crippen LogP contribution in [0.15, 0.2) is 22.7 Å². The number of ether oxygens (including phenoxy) is 1. The van der Waals surface area contributed by atoms with Crippen molar-refractivity contribution in [2.24, 2.45) is 5.41 Å².